The fraction of sp³-hybridized carbons (Fsp3) is 0.696. The van der Waals surface area contributed by atoms with E-state index >= 15 is 0 Å². The molecular formula is C23H39FIN5O. The van der Waals surface area contributed by atoms with E-state index in [1.54, 1.807) is 19.2 Å². The Morgan fingerprint density at radius 3 is 2.74 bits per heavy atom. The van der Waals surface area contributed by atoms with Crippen LogP contribution in [0.5, 0.6) is 0 Å². The molecule has 0 saturated carbocycles. The van der Waals surface area contributed by atoms with Gasteiger partial charge in [-0.2, -0.15) is 0 Å². The number of guanidine groups is 1. The van der Waals surface area contributed by atoms with Crippen LogP contribution < -0.4 is 15.5 Å². The summed E-state index contributed by atoms with van der Waals surface area (Å²) in [4.78, 5) is 9.65. The Morgan fingerprint density at radius 1 is 1.23 bits per heavy atom. The van der Waals surface area contributed by atoms with Gasteiger partial charge in [-0.15, -0.1) is 24.0 Å². The molecule has 176 valence electrons. The van der Waals surface area contributed by atoms with Crippen LogP contribution in [0.4, 0.5) is 10.1 Å². The molecule has 2 N–H and O–H groups in total. The number of ether oxygens (including phenoxy) is 1. The van der Waals surface area contributed by atoms with Crippen molar-refractivity contribution in [3.8, 4) is 0 Å². The summed E-state index contributed by atoms with van der Waals surface area (Å²) in [6.07, 6.45) is 4.59. The number of piperidine rings is 2. The number of nitrogens with zero attached hydrogens (tertiary/aromatic N) is 3. The second-order valence-corrected chi connectivity index (χ2v) is 8.41. The van der Waals surface area contributed by atoms with Crippen LogP contribution in [0.15, 0.2) is 29.3 Å². The molecule has 0 aliphatic carbocycles. The average molecular weight is 548 g/mol. The maximum atomic E-state index is 13.6. The summed E-state index contributed by atoms with van der Waals surface area (Å²) in [5.74, 6) is 1.38. The van der Waals surface area contributed by atoms with Crippen LogP contribution >= 0.6 is 24.0 Å². The Hall–Kier alpha value is -1.13. The molecule has 2 aliphatic heterocycles. The number of hydrogen-bond donors (Lipinski definition) is 2. The number of nitrogens with one attached hydrogen (secondary N) is 2. The molecule has 0 amide bonds. The maximum absolute atomic E-state index is 13.6. The van der Waals surface area contributed by atoms with Gasteiger partial charge in [0.25, 0.3) is 0 Å². The summed E-state index contributed by atoms with van der Waals surface area (Å²) in [7, 11) is 1.76. The summed E-state index contributed by atoms with van der Waals surface area (Å²) in [6, 6.07) is 7.22. The fourth-order valence-corrected chi connectivity index (χ4v) is 4.35. The van der Waals surface area contributed by atoms with E-state index in [0.717, 1.165) is 76.9 Å². The van der Waals surface area contributed by atoms with Gasteiger partial charge in [-0.05, 0) is 69.8 Å². The molecule has 6 nitrogen and oxygen atoms in total. The lowest BCUT2D eigenvalue weighted by molar-refractivity contribution is 0.121. The summed E-state index contributed by atoms with van der Waals surface area (Å²) in [5.41, 5.74) is 0.962. The Morgan fingerprint density at radius 2 is 2.03 bits per heavy atom. The summed E-state index contributed by atoms with van der Waals surface area (Å²) < 4.78 is 18.8. The van der Waals surface area contributed by atoms with Crippen molar-refractivity contribution in [3.05, 3.63) is 30.1 Å². The normalized spacial score (nSPS) is 20.9. The van der Waals surface area contributed by atoms with E-state index in [1.165, 1.54) is 18.9 Å². The van der Waals surface area contributed by atoms with Gasteiger partial charge in [0, 0.05) is 51.6 Å². The zero-order valence-corrected chi connectivity index (χ0v) is 21.3. The number of halogens is 2. The first-order chi connectivity index (χ1) is 14.7. The second-order valence-electron chi connectivity index (χ2n) is 8.41. The first-order valence-corrected chi connectivity index (χ1v) is 11.4. The third kappa shape index (κ3) is 8.73. The zero-order valence-electron chi connectivity index (χ0n) is 19.0. The number of hydrogen-bond acceptors (Lipinski definition) is 4. The predicted molar refractivity (Wildman–Crippen MR) is 137 cm³/mol. The lowest BCUT2D eigenvalue weighted by Crippen LogP contribution is -2.51. The minimum absolute atomic E-state index is 0. The van der Waals surface area contributed by atoms with Crippen molar-refractivity contribution >= 4 is 35.6 Å². The molecule has 0 bridgehead atoms. The van der Waals surface area contributed by atoms with E-state index in [-0.39, 0.29) is 29.8 Å². The number of likely N-dealkylation sites (tertiary alicyclic amines) is 1. The fourth-order valence-electron chi connectivity index (χ4n) is 4.35. The molecule has 1 aromatic carbocycles. The quantitative estimate of drug-likeness (QED) is 0.297. The Bertz CT molecular complexity index is 669. The van der Waals surface area contributed by atoms with Gasteiger partial charge in [0.05, 0.1) is 6.61 Å². The highest BCUT2D eigenvalue weighted by Crippen LogP contribution is 2.21. The van der Waals surface area contributed by atoms with Crippen molar-refractivity contribution < 1.29 is 9.13 Å². The van der Waals surface area contributed by atoms with E-state index < -0.39 is 0 Å². The summed E-state index contributed by atoms with van der Waals surface area (Å²) in [5, 5.41) is 7.03. The van der Waals surface area contributed by atoms with Gasteiger partial charge in [-0.1, -0.05) is 6.07 Å². The monoisotopic (exact) mass is 547 g/mol. The molecule has 2 saturated heterocycles. The molecule has 31 heavy (non-hydrogen) atoms. The molecule has 3 rings (SSSR count). The molecule has 1 aromatic rings. The average Bonchev–Trinajstić information content (AvgIpc) is 2.77. The first-order valence-electron chi connectivity index (χ1n) is 11.4. The summed E-state index contributed by atoms with van der Waals surface area (Å²) >= 11 is 0. The minimum Gasteiger partial charge on any atom is -0.383 e. The van der Waals surface area contributed by atoms with Crippen LogP contribution in [0, 0.1) is 11.7 Å². The van der Waals surface area contributed by atoms with E-state index in [4.69, 9.17) is 9.73 Å². The number of benzene rings is 1. The second kappa shape index (κ2) is 14.1. The Balaban J connectivity index is 0.00000341. The van der Waals surface area contributed by atoms with Gasteiger partial charge < -0.3 is 25.2 Å². The largest absolute Gasteiger partial charge is 0.383 e. The number of methoxy groups -OCH3 is 1. The molecule has 0 spiro atoms. The number of anilines is 1. The van der Waals surface area contributed by atoms with E-state index in [9.17, 15) is 4.39 Å². The van der Waals surface area contributed by atoms with Gasteiger partial charge in [0.15, 0.2) is 5.96 Å². The van der Waals surface area contributed by atoms with E-state index in [2.05, 4.69) is 27.4 Å². The third-order valence-corrected chi connectivity index (χ3v) is 6.11. The van der Waals surface area contributed by atoms with E-state index in [0.29, 0.717) is 12.0 Å². The van der Waals surface area contributed by atoms with Crippen molar-refractivity contribution in [2.24, 2.45) is 10.9 Å². The van der Waals surface area contributed by atoms with Crippen LogP contribution in [-0.2, 0) is 4.74 Å². The smallest absolute Gasteiger partial charge is 0.191 e. The lowest BCUT2D eigenvalue weighted by Gasteiger charge is -2.35. The highest BCUT2D eigenvalue weighted by atomic mass is 127. The van der Waals surface area contributed by atoms with Crippen LogP contribution in [0.25, 0.3) is 0 Å². The van der Waals surface area contributed by atoms with Gasteiger partial charge in [0.1, 0.15) is 5.82 Å². The molecule has 2 heterocycles. The molecule has 8 heteroatoms. The van der Waals surface area contributed by atoms with Gasteiger partial charge in [-0.3, -0.25) is 4.99 Å². The van der Waals surface area contributed by atoms with Crippen LogP contribution in [0.1, 0.15) is 32.6 Å². The number of aliphatic imine (C=N–C) groups is 1. The minimum atomic E-state index is -0.175. The molecule has 0 aromatic heterocycles. The van der Waals surface area contributed by atoms with Crippen LogP contribution in [0.2, 0.25) is 0 Å². The number of rotatable bonds is 8. The topological polar surface area (TPSA) is 52.1 Å². The molecule has 2 aliphatic rings. The van der Waals surface area contributed by atoms with Crippen molar-refractivity contribution in [3.63, 3.8) is 0 Å². The molecule has 0 radical (unpaired) electrons. The lowest BCUT2D eigenvalue weighted by atomic mass is 9.97. The first kappa shape index (κ1) is 26.1. The van der Waals surface area contributed by atoms with Crippen molar-refractivity contribution in [2.45, 2.75) is 38.6 Å². The Labute approximate surface area is 204 Å². The van der Waals surface area contributed by atoms with Crippen LogP contribution in [0.3, 0.4) is 0 Å². The van der Waals surface area contributed by atoms with Crippen molar-refractivity contribution in [2.75, 3.05) is 64.4 Å². The van der Waals surface area contributed by atoms with E-state index in [1.807, 2.05) is 6.07 Å². The van der Waals surface area contributed by atoms with Gasteiger partial charge in [-0.25, -0.2) is 4.39 Å². The van der Waals surface area contributed by atoms with Gasteiger partial charge in [0.2, 0.25) is 0 Å². The van der Waals surface area contributed by atoms with Crippen molar-refractivity contribution in [1.82, 2.24) is 15.5 Å². The standard InChI is InChI=1S/C23H38FN5O.HI/c1-3-25-23(26-17-19-9-12-28(13-10-19)14-15-30-2)27-21-7-5-11-29(18-21)22-8-4-6-20(24)16-22;/h4,6,8,16,19,21H,3,5,7,9-15,17-18H2,1-2H3,(H2,25,26,27);1H. The maximum Gasteiger partial charge on any atom is 0.191 e. The molecular weight excluding hydrogens is 508 g/mol. The Kier molecular flexibility index (Phi) is 11.9. The molecule has 2 fully saturated rings. The van der Waals surface area contributed by atoms with Crippen molar-refractivity contribution in [1.29, 1.82) is 0 Å². The molecule has 1 unspecified atom stereocenters. The zero-order chi connectivity index (χ0) is 21.2. The summed E-state index contributed by atoms with van der Waals surface area (Å²) in [6.45, 7) is 9.77. The molecule has 1 atom stereocenters. The highest BCUT2D eigenvalue weighted by Gasteiger charge is 2.22. The third-order valence-electron chi connectivity index (χ3n) is 6.11. The van der Waals surface area contributed by atoms with Crippen LogP contribution in [-0.4, -0.2) is 76.4 Å². The highest BCUT2D eigenvalue weighted by molar-refractivity contribution is 14.0. The van der Waals surface area contributed by atoms with Gasteiger partial charge >= 0.3 is 0 Å². The predicted octanol–water partition coefficient (Wildman–Crippen LogP) is 3.33. The SMILES string of the molecule is CCNC(=NCC1CCN(CCOC)CC1)NC1CCCN(c2cccc(F)c2)C1.I.